The van der Waals surface area contributed by atoms with Gasteiger partial charge in [-0.25, -0.2) is 0 Å². The second-order valence-corrected chi connectivity index (χ2v) is 8.33. The van der Waals surface area contributed by atoms with Gasteiger partial charge in [0.25, 0.3) is 0 Å². The number of fused-ring (bicyclic) bond motifs is 1. The number of likely N-dealkylation sites (N-methyl/N-ethyl adjacent to an activating group) is 1. The lowest BCUT2D eigenvalue weighted by atomic mass is 10.0. The topological polar surface area (TPSA) is 15.7 Å². The molecule has 1 aliphatic heterocycles. The predicted octanol–water partition coefficient (Wildman–Crippen LogP) is 6.53. The van der Waals surface area contributed by atoms with Crippen LogP contribution in [0.1, 0.15) is 16.7 Å². The number of hydrogen-bond acceptors (Lipinski definition) is 3. The summed E-state index contributed by atoms with van der Waals surface area (Å²) >= 11 is 6.47. The van der Waals surface area contributed by atoms with E-state index in [1.165, 1.54) is 16.9 Å². The Bertz CT molecular complexity index is 1110. The summed E-state index contributed by atoms with van der Waals surface area (Å²) in [6.07, 6.45) is 8.72. The van der Waals surface area contributed by atoms with Gasteiger partial charge in [-0.1, -0.05) is 72.3 Å². The molecule has 0 saturated carbocycles. The van der Waals surface area contributed by atoms with Crippen molar-refractivity contribution in [3.63, 3.8) is 0 Å². The molecule has 3 aromatic carbocycles. The molecule has 31 heavy (non-hydrogen) atoms. The van der Waals surface area contributed by atoms with Crippen LogP contribution >= 0.6 is 11.6 Å². The second kappa shape index (κ2) is 9.32. The van der Waals surface area contributed by atoms with E-state index < -0.39 is 0 Å². The molecule has 158 valence electrons. The highest BCUT2D eigenvalue weighted by atomic mass is 35.5. The van der Waals surface area contributed by atoms with Gasteiger partial charge in [0.15, 0.2) is 0 Å². The van der Waals surface area contributed by atoms with Crippen LogP contribution in [-0.4, -0.2) is 27.2 Å². The minimum Gasteiger partial charge on any atom is -0.487 e. The highest BCUT2D eigenvalue weighted by Gasteiger charge is 2.17. The van der Waals surface area contributed by atoms with Crippen LogP contribution in [0.3, 0.4) is 0 Å². The quantitative estimate of drug-likeness (QED) is 0.442. The summed E-state index contributed by atoms with van der Waals surface area (Å²) in [5, 5.41) is 0.618. The first kappa shape index (κ1) is 21.1. The number of hydrogen-bond donors (Lipinski definition) is 0. The maximum atomic E-state index is 6.47. The lowest BCUT2D eigenvalue weighted by molar-refractivity contribution is 0.306. The van der Waals surface area contributed by atoms with Crippen molar-refractivity contribution < 1.29 is 4.74 Å². The number of benzene rings is 3. The first-order valence-corrected chi connectivity index (χ1v) is 10.8. The van der Waals surface area contributed by atoms with Crippen LogP contribution in [0, 0.1) is 0 Å². The van der Waals surface area contributed by atoms with Crippen molar-refractivity contribution in [1.82, 2.24) is 0 Å². The lowest BCUT2D eigenvalue weighted by Crippen LogP contribution is -2.30. The first-order chi connectivity index (χ1) is 15.0. The first-order valence-electron chi connectivity index (χ1n) is 10.4. The molecule has 3 nitrogen and oxygen atoms in total. The van der Waals surface area contributed by atoms with Crippen molar-refractivity contribution in [2.45, 2.75) is 12.6 Å². The summed E-state index contributed by atoms with van der Waals surface area (Å²) in [5.41, 5.74) is 5.84. The third-order valence-corrected chi connectivity index (χ3v) is 5.80. The van der Waals surface area contributed by atoms with E-state index in [4.69, 9.17) is 16.3 Å². The van der Waals surface area contributed by atoms with Gasteiger partial charge in [-0.05, 0) is 47.0 Å². The summed E-state index contributed by atoms with van der Waals surface area (Å²) in [6, 6.07) is 22.7. The molecular formula is C27H27ClN2O. The number of ether oxygens (including phenoxy) is 1. The highest BCUT2D eigenvalue weighted by Crippen LogP contribution is 2.32. The Hall–Kier alpha value is -3.17. The molecule has 1 heterocycles. The number of anilines is 2. The maximum Gasteiger partial charge on any atom is 0.138 e. The molecule has 4 rings (SSSR count). The van der Waals surface area contributed by atoms with Crippen LogP contribution in [0.15, 0.2) is 78.9 Å². The molecule has 0 aliphatic carbocycles. The SMILES string of the molecule is CN(C)c1ccc2c(c1)C=CC(C=Cc1ccc(OCc3ccccc3)c(Cl)c1)N2C. The van der Waals surface area contributed by atoms with Crippen LogP contribution in [-0.2, 0) is 6.61 Å². The second-order valence-electron chi connectivity index (χ2n) is 7.92. The summed E-state index contributed by atoms with van der Waals surface area (Å²) in [4.78, 5) is 4.40. The Labute approximate surface area is 189 Å². The summed E-state index contributed by atoms with van der Waals surface area (Å²) in [7, 11) is 6.25. The summed E-state index contributed by atoms with van der Waals surface area (Å²) in [5.74, 6) is 0.697. The fourth-order valence-electron chi connectivity index (χ4n) is 3.64. The smallest absolute Gasteiger partial charge is 0.138 e. The largest absolute Gasteiger partial charge is 0.487 e. The van der Waals surface area contributed by atoms with Crippen LogP contribution in [0.25, 0.3) is 12.2 Å². The van der Waals surface area contributed by atoms with Gasteiger partial charge in [0, 0.05) is 32.5 Å². The number of rotatable bonds is 6. The Morgan fingerprint density at radius 3 is 2.58 bits per heavy atom. The van der Waals surface area contributed by atoms with E-state index in [2.05, 4.69) is 73.4 Å². The van der Waals surface area contributed by atoms with E-state index in [0.29, 0.717) is 17.4 Å². The Balaban J connectivity index is 1.44. The van der Waals surface area contributed by atoms with E-state index in [1.54, 1.807) is 0 Å². The standard InChI is InChI=1S/C27H27ClN2O/c1-29(2)24-14-15-26-22(18-24)11-13-23(30(26)3)12-9-20-10-16-27(25(28)17-20)31-19-21-7-5-4-6-8-21/h4-18,23H,19H2,1-3H3. The van der Waals surface area contributed by atoms with Crippen molar-refractivity contribution in [2.75, 3.05) is 30.9 Å². The van der Waals surface area contributed by atoms with Crippen molar-refractivity contribution in [3.05, 3.63) is 101 Å². The Kier molecular flexibility index (Phi) is 6.34. The van der Waals surface area contributed by atoms with Crippen LogP contribution in [0.4, 0.5) is 11.4 Å². The minimum absolute atomic E-state index is 0.186. The molecule has 0 saturated heterocycles. The van der Waals surface area contributed by atoms with Gasteiger partial charge >= 0.3 is 0 Å². The fraction of sp³-hybridized carbons (Fsp3) is 0.185. The van der Waals surface area contributed by atoms with Gasteiger partial charge in [-0.3, -0.25) is 0 Å². The Morgan fingerprint density at radius 1 is 1.03 bits per heavy atom. The Morgan fingerprint density at radius 2 is 1.84 bits per heavy atom. The zero-order chi connectivity index (χ0) is 21.8. The number of nitrogens with zero attached hydrogens (tertiary/aromatic N) is 2. The average Bonchev–Trinajstić information content (AvgIpc) is 2.78. The van der Waals surface area contributed by atoms with Gasteiger partial charge < -0.3 is 14.5 Å². The molecule has 0 spiro atoms. The monoisotopic (exact) mass is 430 g/mol. The maximum absolute atomic E-state index is 6.47. The molecule has 0 fully saturated rings. The zero-order valence-electron chi connectivity index (χ0n) is 18.1. The third-order valence-electron chi connectivity index (χ3n) is 5.51. The molecule has 1 atom stereocenters. The van der Waals surface area contributed by atoms with Crippen LogP contribution in [0.5, 0.6) is 5.75 Å². The number of halogens is 1. The van der Waals surface area contributed by atoms with E-state index >= 15 is 0 Å². The minimum atomic E-state index is 0.186. The van der Waals surface area contributed by atoms with E-state index in [0.717, 1.165) is 11.1 Å². The van der Waals surface area contributed by atoms with Gasteiger partial charge in [-0.2, -0.15) is 0 Å². The van der Waals surface area contributed by atoms with Crippen molar-refractivity contribution in [2.24, 2.45) is 0 Å². The zero-order valence-corrected chi connectivity index (χ0v) is 18.9. The van der Waals surface area contributed by atoms with Gasteiger partial charge in [-0.15, -0.1) is 0 Å². The molecule has 1 aliphatic rings. The molecule has 0 bridgehead atoms. The molecule has 4 heteroatoms. The molecule has 0 aromatic heterocycles. The van der Waals surface area contributed by atoms with Gasteiger partial charge in [0.1, 0.15) is 12.4 Å². The van der Waals surface area contributed by atoms with Crippen LogP contribution in [0.2, 0.25) is 5.02 Å². The van der Waals surface area contributed by atoms with Crippen molar-refractivity contribution >= 4 is 35.1 Å². The molecule has 0 radical (unpaired) electrons. The predicted molar refractivity (Wildman–Crippen MR) is 133 cm³/mol. The fourth-order valence-corrected chi connectivity index (χ4v) is 3.89. The van der Waals surface area contributed by atoms with Gasteiger partial charge in [0.2, 0.25) is 0 Å². The van der Waals surface area contributed by atoms with E-state index in [9.17, 15) is 0 Å². The summed E-state index contributed by atoms with van der Waals surface area (Å²) in [6.45, 7) is 0.502. The molecule has 0 N–H and O–H groups in total. The van der Waals surface area contributed by atoms with E-state index in [-0.39, 0.29) is 6.04 Å². The average molecular weight is 431 g/mol. The highest BCUT2D eigenvalue weighted by molar-refractivity contribution is 6.32. The molecule has 1 unspecified atom stereocenters. The lowest BCUT2D eigenvalue weighted by Gasteiger charge is -2.31. The molecule has 0 amide bonds. The van der Waals surface area contributed by atoms with Crippen molar-refractivity contribution in [3.8, 4) is 5.75 Å². The molecular weight excluding hydrogens is 404 g/mol. The third kappa shape index (κ3) is 4.95. The normalized spacial score (nSPS) is 15.2. The summed E-state index contributed by atoms with van der Waals surface area (Å²) < 4.78 is 5.88. The van der Waals surface area contributed by atoms with Crippen molar-refractivity contribution in [1.29, 1.82) is 0 Å². The molecule has 3 aromatic rings. The van der Waals surface area contributed by atoms with Gasteiger partial charge in [0.05, 0.1) is 11.1 Å². The van der Waals surface area contributed by atoms with E-state index in [1.807, 2.05) is 48.5 Å². The van der Waals surface area contributed by atoms with Crippen LogP contribution < -0.4 is 14.5 Å².